The summed E-state index contributed by atoms with van der Waals surface area (Å²) in [5.41, 5.74) is 1.34. The largest absolute Gasteiger partial charge is 0.0764 e. The van der Waals surface area contributed by atoms with E-state index in [9.17, 15) is 0 Å². The van der Waals surface area contributed by atoms with Crippen LogP contribution >= 0.6 is 0 Å². The standard InChI is InChI=1S/C6H7.Zr/c1-6-4-2-3-5-6;/h2-5H,1H3;. The molecule has 0 amide bonds. The van der Waals surface area contributed by atoms with Crippen molar-refractivity contribution in [3.05, 3.63) is 30.2 Å². The number of rotatable bonds is 0. The Morgan fingerprint density at radius 3 is 2.29 bits per heavy atom. The van der Waals surface area contributed by atoms with Gasteiger partial charge in [-0.1, -0.05) is 23.8 Å². The van der Waals surface area contributed by atoms with E-state index in [-0.39, 0.29) is 26.2 Å². The summed E-state index contributed by atoms with van der Waals surface area (Å²) in [6, 6.07) is 0. The van der Waals surface area contributed by atoms with Crippen molar-refractivity contribution in [1.29, 1.82) is 0 Å². The molecule has 35 valence electrons. The summed E-state index contributed by atoms with van der Waals surface area (Å²) < 4.78 is 0. The van der Waals surface area contributed by atoms with Crippen LogP contribution in [0.3, 0.4) is 0 Å². The van der Waals surface area contributed by atoms with Crippen LogP contribution in [-0.4, -0.2) is 0 Å². The Morgan fingerprint density at radius 1 is 1.43 bits per heavy atom. The van der Waals surface area contributed by atoms with Gasteiger partial charge in [0.15, 0.2) is 0 Å². The van der Waals surface area contributed by atoms with E-state index < -0.39 is 0 Å². The molecule has 0 bridgehead atoms. The monoisotopic (exact) mass is 169 g/mol. The van der Waals surface area contributed by atoms with E-state index in [1.54, 1.807) is 0 Å². The van der Waals surface area contributed by atoms with Crippen LogP contribution in [0.4, 0.5) is 0 Å². The van der Waals surface area contributed by atoms with Crippen LogP contribution in [-0.2, 0) is 26.2 Å². The molecule has 7 heavy (non-hydrogen) atoms. The molecule has 0 saturated heterocycles. The SMILES string of the molecule is CC1=C[CH]C=C1.[Zr]. The molecule has 1 aliphatic rings. The van der Waals surface area contributed by atoms with Crippen LogP contribution in [0.15, 0.2) is 23.8 Å². The van der Waals surface area contributed by atoms with Crippen LogP contribution in [0.2, 0.25) is 0 Å². The summed E-state index contributed by atoms with van der Waals surface area (Å²) >= 11 is 0. The molecule has 1 heteroatoms. The molecule has 0 heterocycles. The molecule has 0 spiro atoms. The molecule has 1 aliphatic carbocycles. The van der Waals surface area contributed by atoms with E-state index in [0.717, 1.165) is 0 Å². The summed E-state index contributed by atoms with van der Waals surface area (Å²) in [5, 5.41) is 0. The Morgan fingerprint density at radius 2 is 2.14 bits per heavy atom. The zero-order chi connectivity index (χ0) is 4.41. The normalized spacial score (nSPS) is 15.9. The average molecular weight is 170 g/mol. The van der Waals surface area contributed by atoms with Gasteiger partial charge in [-0.3, -0.25) is 0 Å². The smallest absolute Gasteiger partial charge is 0.00534 e. The molecule has 1 radical (unpaired) electrons. The predicted molar refractivity (Wildman–Crippen MR) is 27.2 cm³/mol. The van der Waals surface area contributed by atoms with E-state index >= 15 is 0 Å². The van der Waals surface area contributed by atoms with Crippen molar-refractivity contribution in [2.75, 3.05) is 0 Å². The fourth-order valence-corrected chi connectivity index (χ4v) is 0.470. The summed E-state index contributed by atoms with van der Waals surface area (Å²) in [6.45, 7) is 2.08. The Labute approximate surface area is 63.4 Å². The van der Waals surface area contributed by atoms with Gasteiger partial charge in [-0.15, -0.1) is 0 Å². The van der Waals surface area contributed by atoms with E-state index in [2.05, 4.69) is 19.1 Å². The van der Waals surface area contributed by atoms with Gasteiger partial charge in [-0.25, -0.2) is 0 Å². The Hall–Kier alpha value is 0.363. The average Bonchev–Trinajstić information content (AvgIpc) is 1.86. The van der Waals surface area contributed by atoms with Crippen molar-refractivity contribution in [1.82, 2.24) is 0 Å². The quantitative estimate of drug-likeness (QED) is 0.519. The van der Waals surface area contributed by atoms with Crippen molar-refractivity contribution < 1.29 is 26.2 Å². The Balaban J connectivity index is 0.000000360. The molecule has 0 atom stereocenters. The second-order valence-electron chi connectivity index (χ2n) is 1.46. The maximum Gasteiger partial charge on any atom is 0.00534 e. The minimum absolute atomic E-state index is 0. The summed E-state index contributed by atoms with van der Waals surface area (Å²) in [5.74, 6) is 0. The molecular formula is C6H7Zr. The van der Waals surface area contributed by atoms with Gasteiger partial charge in [0.2, 0.25) is 0 Å². The summed E-state index contributed by atoms with van der Waals surface area (Å²) in [4.78, 5) is 0. The van der Waals surface area contributed by atoms with Crippen LogP contribution in [0, 0.1) is 6.42 Å². The van der Waals surface area contributed by atoms with Gasteiger partial charge in [0, 0.05) is 32.6 Å². The van der Waals surface area contributed by atoms with Gasteiger partial charge < -0.3 is 0 Å². The second kappa shape index (κ2) is 3.38. The number of allylic oxidation sites excluding steroid dienone is 4. The molecule has 0 nitrogen and oxygen atoms in total. The minimum Gasteiger partial charge on any atom is -0.0764 e. The van der Waals surface area contributed by atoms with E-state index in [0.29, 0.717) is 0 Å². The molecule has 0 aromatic carbocycles. The molecule has 0 aliphatic heterocycles. The van der Waals surface area contributed by atoms with Crippen molar-refractivity contribution in [3.8, 4) is 0 Å². The predicted octanol–water partition coefficient (Wildman–Crippen LogP) is 1.70. The zero-order valence-electron chi connectivity index (χ0n) is 4.31. The molecule has 0 saturated carbocycles. The first kappa shape index (κ1) is 7.36. The van der Waals surface area contributed by atoms with Crippen LogP contribution < -0.4 is 0 Å². The number of hydrogen-bond acceptors (Lipinski definition) is 0. The minimum atomic E-state index is 0. The van der Waals surface area contributed by atoms with Gasteiger partial charge in [0.25, 0.3) is 0 Å². The maximum atomic E-state index is 2.08. The number of hydrogen-bond donors (Lipinski definition) is 0. The van der Waals surface area contributed by atoms with Gasteiger partial charge in [0.05, 0.1) is 0 Å². The van der Waals surface area contributed by atoms with Gasteiger partial charge in [-0.05, 0) is 6.92 Å². The molecule has 0 N–H and O–H groups in total. The third kappa shape index (κ3) is 2.23. The fraction of sp³-hybridized carbons (Fsp3) is 0.167. The summed E-state index contributed by atoms with van der Waals surface area (Å²) in [6.07, 6.45) is 8.24. The zero-order valence-corrected chi connectivity index (χ0v) is 6.77. The van der Waals surface area contributed by atoms with E-state index in [1.807, 2.05) is 12.5 Å². The van der Waals surface area contributed by atoms with Crippen LogP contribution in [0.25, 0.3) is 0 Å². The van der Waals surface area contributed by atoms with Crippen molar-refractivity contribution in [2.45, 2.75) is 6.92 Å². The first-order valence-electron chi connectivity index (χ1n) is 2.08. The molecule has 0 aromatic rings. The third-order valence-corrected chi connectivity index (χ3v) is 0.829. The van der Waals surface area contributed by atoms with Crippen LogP contribution in [0.1, 0.15) is 6.92 Å². The van der Waals surface area contributed by atoms with E-state index in [4.69, 9.17) is 0 Å². The maximum absolute atomic E-state index is 2.08. The van der Waals surface area contributed by atoms with Crippen molar-refractivity contribution in [2.24, 2.45) is 0 Å². The van der Waals surface area contributed by atoms with Gasteiger partial charge >= 0.3 is 0 Å². The fourth-order valence-electron chi connectivity index (χ4n) is 0.470. The van der Waals surface area contributed by atoms with E-state index in [1.165, 1.54) is 5.57 Å². The first-order valence-corrected chi connectivity index (χ1v) is 2.08. The Kier molecular flexibility index (Phi) is 3.55. The molecule has 1 rings (SSSR count). The topological polar surface area (TPSA) is 0 Å². The summed E-state index contributed by atoms with van der Waals surface area (Å²) in [7, 11) is 0. The van der Waals surface area contributed by atoms with Gasteiger partial charge in [0.1, 0.15) is 0 Å². The molecule has 0 aromatic heterocycles. The third-order valence-electron chi connectivity index (χ3n) is 0.829. The molecular weight excluding hydrogens is 163 g/mol. The Bertz CT molecular complexity index is 98.0. The molecule has 0 fully saturated rings. The second-order valence-corrected chi connectivity index (χ2v) is 1.46. The molecule has 0 unspecified atom stereocenters. The van der Waals surface area contributed by atoms with Gasteiger partial charge in [-0.2, -0.15) is 0 Å². The van der Waals surface area contributed by atoms with Crippen LogP contribution in [0.5, 0.6) is 0 Å². The van der Waals surface area contributed by atoms with Crippen molar-refractivity contribution in [3.63, 3.8) is 0 Å². The first-order chi connectivity index (χ1) is 2.89. The van der Waals surface area contributed by atoms with Crippen molar-refractivity contribution >= 4 is 0 Å².